The lowest BCUT2D eigenvalue weighted by Gasteiger charge is -2.09. The molecule has 1 saturated heterocycles. The van der Waals surface area contributed by atoms with E-state index in [9.17, 15) is 4.79 Å². The predicted octanol–water partition coefficient (Wildman–Crippen LogP) is 2.66. The van der Waals surface area contributed by atoms with E-state index in [4.69, 9.17) is 0 Å². The van der Waals surface area contributed by atoms with Gasteiger partial charge in [0.15, 0.2) is 0 Å². The van der Waals surface area contributed by atoms with Gasteiger partial charge in [0.25, 0.3) is 0 Å². The smallest absolute Gasteiger partial charge is 0.248 e. The first-order valence-corrected chi connectivity index (χ1v) is 6.56. The lowest BCUT2D eigenvalue weighted by molar-refractivity contribution is 0.527. The highest BCUT2D eigenvalue weighted by atomic mass is 16.1. The van der Waals surface area contributed by atoms with E-state index in [-0.39, 0.29) is 5.56 Å². The van der Waals surface area contributed by atoms with Crippen LogP contribution in [0.5, 0.6) is 0 Å². The van der Waals surface area contributed by atoms with Gasteiger partial charge in [0.1, 0.15) is 0 Å². The highest BCUT2D eigenvalue weighted by Gasteiger charge is 1.99. The molecule has 3 nitrogen and oxygen atoms in total. The van der Waals surface area contributed by atoms with Crippen molar-refractivity contribution < 1.29 is 0 Å². The van der Waals surface area contributed by atoms with Crippen molar-refractivity contribution in [2.45, 2.75) is 6.42 Å². The summed E-state index contributed by atoms with van der Waals surface area (Å²) in [6.45, 7) is 2.50. The number of aromatic amines is 1. The van der Waals surface area contributed by atoms with Crippen molar-refractivity contribution in [1.29, 1.82) is 0 Å². The normalized spacial score (nSPS) is 13.7. The summed E-state index contributed by atoms with van der Waals surface area (Å²) >= 11 is 0. The highest BCUT2D eigenvalue weighted by molar-refractivity contribution is 6.04. The van der Waals surface area contributed by atoms with E-state index in [1.54, 1.807) is 6.07 Å². The van der Waals surface area contributed by atoms with Gasteiger partial charge >= 0.3 is 0 Å². The Morgan fingerprint density at radius 2 is 1.47 bits per heavy atom. The number of pyridine rings is 1. The van der Waals surface area contributed by atoms with Crippen LogP contribution in [0, 0.1) is 0 Å². The van der Waals surface area contributed by atoms with Gasteiger partial charge in [0.2, 0.25) is 5.56 Å². The maximum atomic E-state index is 11.3. The fraction of sp³-hybridized carbons (Fsp3) is 0.188. The molecule has 2 N–H and O–H groups in total. The minimum atomic E-state index is -0.0566. The summed E-state index contributed by atoms with van der Waals surface area (Å²) in [5, 5.41) is 6.41. The molecule has 0 bridgehead atoms. The molecule has 96 valence electrons. The molecular formula is C16H16N2O. The Hall–Kier alpha value is -2.13. The van der Waals surface area contributed by atoms with Gasteiger partial charge in [0.05, 0.1) is 5.52 Å². The van der Waals surface area contributed by atoms with Crippen molar-refractivity contribution in [3.8, 4) is 0 Å². The van der Waals surface area contributed by atoms with Crippen LogP contribution in [0.4, 0.5) is 0 Å². The van der Waals surface area contributed by atoms with Crippen LogP contribution in [0.3, 0.4) is 0 Å². The Morgan fingerprint density at radius 3 is 2.21 bits per heavy atom. The summed E-state index contributed by atoms with van der Waals surface area (Å²) in [6, 6.07) is 15.5. The molecule has 3 heteroatoms. The Labute approximate surface area is 111 Å². The molecule has 3 aromatic rings. The second-order valence-corrected chi connectivity index (χ2v) is 4.68. The van der Waals surface area contributed by atoms with Gasteiger partial charge in [-0.15, -0.1) is 0 Å². The van der Waals surface area contributed by atoms with E-state index in [1.807, 2.05) is 36.4 Å². The molecule has 0 atom stereocenters. The number of nitrogens with one attached hydrogen (secondary N) is 2. The van der Waals surface area contributed by atoms with Gasteiger partial charge in [-0.3, -0.25) is 4.79 Å². The second-order valence-electron chi connectivity index (χ2n) is 4.68. The van der Waals surface area contributed by atoms with E-state index in [0.29, 0.717) is 0 Å². The molecule has 1 aliphatic heterocycles. The lowest BCUT2D eigenvalue weighted by Crippen LogP contribution is -2.29. The Balaban J connectivity index is 0.000000237. The van der Waals surface area contributed by atoms with Crippen molar-refractivity contribution in [3.63, 3.8) is 0 Å². The van der Waals surface area contributed by atoms with Crippen LogP contribution in [0.15, 0.2) is 53.3 Å². The van der Waals surface area contributed by atoms with Crippen LogP contribution >= 0.6 is 0 Å². The molecule has 0 unspecified atom stereocenters. The minimum Gasteiger partial charge on any atom is -0.321 e. The second kappa shape index (κ2) is 5.24. The van der Waals surface area contributed by atoms with Gasteiger partial charge in [-0.25, -0.2) is 0 Å². The molecule has 0 aliphatic carbocycles. The van der Waals surface area contributed by atoms with Gasteiger partial charge in [0, 0.05) is 11.5 Å². The Bertz CT molecular complexity index is 753. The predicted molar refractivity (Wildman–Crippen MR) is 79.6 cm³/mol. The maximum Gasteiger partial charge on any atom is 0.248 e. The zero-order chi connectivity index (χ0) is 13.1. The largest absolute Gasteiger partial charge is 0.321 e. The molecule has 2 aromatic carbocycles. The summed E-state index contributed by atoms with van der Waals surface area (Å²) in [6.07, 6.45) is 1.39. The highest BCUT2D eigenvalue weighted by Crippen LogP contribution is 2.21. The number of benzene rings is 2. The van der Waals surface area contributed by atoms with Crippen molar-refractivity contribution in [1.82, 2.24) is 10.3 Å². The molecule has 19 heavy (non-hydrogen) atoms. The number of hydrogen-bond donors (Lipinski definition) is 2. The summed E-state index contributed by atoms with van der Waals surface area (Å²) in [5.41, 5.74) is 0.861. The number of H-pyrrole nitrogens is 1. The van der Waals surface area contributed by atoms with E-state index < -0.39 is 0 Å². The molecule has 1 fully saturated rings. The van der Waals surface area contributed by atoms with Crippen LogP contribution < -0.4 is 10.9 Å². The number of rotatable bonds is 0. The van der Waals surface area contributed by atoms with Crippen molar-refractivity contribution in [2.24, 2.45) is 0 Å². The number of fused-ring (bicyclic) bond motifs is 3. The van der Waals surface area contributed by atoms with E-state index >= 15 is 0 Å². The quantitative estimate of drug-likeness (QED) is 0.604. The van der Waals surface area contributed by atoms with E-state index in [0.717, 1.165) is 21.7 Å². The molecule has 1 aromatic heterocycles. The third-order valence-electron chi connectivity index (χ3n) is 3.33. The third kappa shape index (κ3) is 2.51. The fourth-order valence-corrected chi connectivity index (χ4v) is 2.07. The zero-order valence-electron chi connectivity index (χ0n) is 10.6. The summed E-state index contributed by atoms with van der Waals surface area (Å²) < 4.78 is 0. The molecule has 0 spiro atoms. The minimum absolute atomic E-state index is 0.0566. The first-order valence-electron chi connectivity index (χ1n) is 6.56. The topological polar surface area (TPSA) is 44.9 Å². The van der Waals surface area contributed by atoms with Crippen LogP contribution in [0.2, 0.25) is 0 Å². The average Bonchev–Trinajstić information content (AvgIpc) is 2.36. The van der Waals surface area contributed by atoms with Crippen molar-refractivity contribution in [2.75, 3.05) is 13.1 Å². The van der Waals surface area contributed by atoms with Crippen LogP contribution in [0.25, 0.3) is 21.7 Å². The molecular weight excluding hydrogens is 236 g/mol. The summed E-state index contributed by atoms with van der Waals surface area (Å²) in [4.78, 5) is 14.1. The summed E-state index contributed by atoms with van der Waals surface area (Å²) in [5.74, 6) is 0. The number of hydrogen-bond acceptors (Lipinski definition) is 2. The third-order valence-corrected chi connectivity index (χ3v) is 3.33. The molecule has 2 heterocycles. The standard InChI is InChI=1S/C13H9NO.C3H7N/c15-12-8-7-10-6-5-9-3-1-2-4-11(9)13(10)14-12;1-2-4-3-1/h1-8H,(H,14,15);4H,1-3H2. The lowest BCUT2D eigenvalue weighted by atomic mass is 10.1. The molecule has 0 amide bonds. The average molecular weight is 252 g/mol. The molecule has 4 rings (SSSR count). The zero-order valence-corrected chi connectivity index (χ0v) is 10.6. The van der Waals surface area contributed by atoms with Crippen molar-refractivity contribution in [3.05, 3.63) is 58.9 Å². The van der Waals surface area contributed by atoms with E-state index in [1.165, 1.54) is 19.5 Å². The van der Waals surface area contributed by atoms with Gasteiger partial charge in [-0.05, 0) is 36.3 Å². The molecule has 1 aliphatic rings. The van der Waals surface area contributed by atoms with Crippen molar-refractivity contribution >= 4 is 21.7 Å². The Morgan fingerprint density at radius 1 is 0.842 bits per heavy atom. The Kier molecular flexibility index (Phi) is 3.29. The van der Waals surface area contributed by atoms with Gasteiger partial charge in [-0.2, -0.15) is 0 Å². The van der Waals surface area contributed by atoms with Gasteiger partial charge in [-0.1, -0.05) is 36.4 Å². The van der Waals surface area contributed by atoms with E-state index in [2.05, 4.69) is 16.4 Å². The first kappa shape index (κ1) is 11.9. The maximum absolute atomic E-state index is 11.3. The van der Waals surface area contributed by atoms with Crippen LogP contribution in [-0.4, -0.2) is 18.1 Å². The first-order chi connectivity index (χ1) is 9.34. The molecule has 0 radical (unpaired) electrons. The summed E-state index contributed by atoms with van der Waals surface area (Å²) in [7, 11) is 0. The SMILES string of the molecule is C1CNC1.O=c1ccc2ccc3ccccc3c2[nH]1. The van der Waals surface area contributed by atoms with Crippen LogP contribution in [-0.2, 0) is 0 Å². The number of aromatic nitrogens is 1. The van der Waals surface area contributed by atoms with Gasteiger partial charge < -0.3 is 10.3 Å². The monoisotopic (exact) mass is 252 g/mol. The fourth-order valence-electron chi connectivity index (χ4n) is 2.07. The molecule has 0 saturated carbocycles. The van der Waals surface area contributed by atoms with Crippen LogP contribution in [0.1, 0.15) is 6.42 Å².